The van der Waals surface area contributed by atoms with Crippen LogP contribution in [0.3, 0.4) is 0 Å². The fourth-order valence-electron chi connectivity index (χ4n) is 2.25. The molecule has 0 bridgehead atoms. The van der Waals surface area contributed by atoms with E-state index in [0.29, 0.717) is 24.5 Å². The van der Waals surface area contributed by atoms with Crippen LogP contribution in [0.1, 0.15) is 19.3 Å². The van der Waals surface area contributed by atoms with Crippen molar-refractivity contribution in [1.82, 2.24) is 0 Å². The van der Waals surface area contributed by atoms with Gasteiger partial charge in [0, 0.05) is 31.4 Å². The highest BCUT2D eigenvalue weighted by Gasteiger charge is 2.17. The molecule has 1 saturated heterocycles. The third kappa shape index (κ3) is 5.43. The van der Waals surface area contributed by atoms with Crippen LogP contribution in [0.2, 0.25) is 0 Å². The van der Waals surface area contributed by atoms with Crippen LogP contribution in [0.4, 0.5) is 5.69 Å². The Kier molecular flexibility index (Phi) is 5.57. The number of carboxylic acids is 1. The average Bonchev–Trinajstić information content (AvgIpc) is 2.46. The summed E-state index contributed by atoms with van der Waals surface area (Å²) in [4.78, 5) is 22.4. The van der Waals surface area contributed by atoms with Crippen molar-refractivity contribution in [2.24, 2.45) is 5.92 Å². The second kappa shape index (κ2) is 7.64. The number of anilines is 1. The minimum Gasteiger partial charge on any atom is -0.482 e. The Labute approximate surface area is 123 Å². The number of carbonyl (C=O) groups excluding carboxylic acids is 1. The summed E-state index contributed by atoms with van der Waals surface area (Å²) in [6.07, 6.45) is 2.44. The Balaban J connectivity index is 1.85. The highest BCUT2D eigenvalue weighted by atomic mass is 16.5. The van der Waals surface area contributed by atoms with Gasteiger partial charge < -0.3 is 19.9 Å². The standard InChI is InChI=1S/C15H19NO5/c17-14(7-11-3-2-6-20-9-11)16-12-4-1-5-13(8-12)21-10-15(18)19/h1,4-5,8,11H,2-3,6-7,9-10H2,(H,16,17)(H,18,19). The van der Waals surface area contributed by atoms with Crippen LogP contribution in [0.25, 0.3) is 0 Å². The predicted octanol–water partition coefficient (Wildman–Crippen LogP) is 1.91. The van der Waals surface area contributed by atoms with Gasteiger partial charge in [-0.2, -0.15) is 0 Å². The largest absolute Gasteiger partial charge is 0.482 e. The van der Waals surface area contributed by atoms with Crippen molar-refractivity contribution in [1.29, 1.82) is 0 Å². The lowest BCUT2D eigenvalue weighted by Crippen LogP contribution is -2.23. The van der Waals surface area contributed by atoms with E-state index in [1.165, 1.54) is 0 Å². The average molecular weight is 293 g/mol. The van der Waals surface area contributed by atoms with Crippen molar-refractivity contribution in [3.8, 4) is 5.75 Å². The minimum atomic E-state index is -1.04. The molecule has 0 saturated carbocycles. The molecule has 1 aliphatic heterocycles. The highest BCUT2D eigenvalue weighted by Crippen LogP contribution is 2.20. The van der Waals surface area contributed by atoms with Crippen molar-refractivity contribution in [3.05, 3.63) is 24.3 Å². The van der Waals surface area contributed by atoms with E-state index in [4.69, 9.17) is 14.6 Å². The van der Waals surface area contributed by atoms with Crippen molar-refractivity contribution >= 4 is 17.6 Å². The zero-order valence-electron chi connectivity index (χ0n) is 11.7. The number of hydrogen-bond acceptors (Lipinski definition) is 4. The molecule has 6 nitrogen and oxygen atoms in total. The fraction of sp³-hybridized carbons (Fsp3) is 0.467. The molecular formula is C15H19NO5. The van der Waals surface area contributed by atoms with Gasteiger partial charge in [0.25, 0.3) is 0 Å². The van der Waals surface area contributed by atoms with Crippen LogP contribution in [-0.2, 0) is 14.3 Å². The molecule has 21 heavy (non-hydrogen) atoms. The summed E-state index contributed by atoms with van der Waals surface area (Å²) in [5, 5.41) is 11.4. The third-order valence-electron chi connectivity index (χ3n) is 3.21. The van der Waals surface area contributed by atoms with Crippen molar-refractivity contribution in [2.45, 2.75) is 19.3 Å². The van der Waals surface area contributed by atoms with Crippen molar-refractivity contribution in [2.75, 3.05) is 25.1 Å². The van der Waals surface area contributed by atoms with E-state index in [0.717, 1.165) is 19.4 Å². The quantitative estimate of drug-likeness (QED) is 0.837. The second-order valence-electron chi connectivity index (χ2n) is 5.05. The maximum absolute atomic E-state index is 12.0. The second-order valence-corrected chi connectivity index (χ2v) is 5.05. The van der Waals surface area contributed by atoms with E-state index in [-0.39, 0.29) is 11.8 Å². The zero-order chi connectivity index (χ0) is 15.1. The first-order valence-corrected chi connectivity index (χ1v) is 6.96. The molecule has 1 aromatic rings. The molecule has 1 unspecified atom stereocenters. The molecule has 1 heterocycles. The van der Waals surface area contributed by atoms with Crippen molar-refractivity contribution in [3.63, 3.8) is 0 Å². The highest BCUT2D eigenvalue weighted by molar-refractivity contribution is 5.91. The minimum absolute atomic E-state index is 0.0686. The van der Waals surface area contributed by atoms with Gasteiger partial charge in [-0.05, 0) is 30.9 Å². The number of hydrogen-bond donors (Lipinski definition) is 2. The number of nitrogens with one attached hydrogen (secondary N) is 1. The van der Waals surface area contributed by atoms with Crippen molar-refractivity contribution < 1.29 is 24.2 Å². The van der Waals surface area contributed by atoms with E-state index in [1.807, 2.05) is 0 Å². The Morgan fingerprint density at radius 3 is 3.00 bits per heavy atom. The van der Waals surface area contributed by atoms with Gasteiger partial charge in [-0.25, -0.2) is 4.79 Å². The fourth-order valence-corrected chi connectivity index (χ4v) is 2.25. The first kappa shape index (κ1) is 15.3. The monoisotopic (exact) mass is 293 g/mol. The summed E-state index contributed by atoms with van der Waals surface area (Å²) >= 11 is 0. The van der Waals surface area contributed by atoms with E-state index in [9.17, 15) is 9.59 Å². The molecule has 0 aliphatic carbocycles. The number of carboxylic acid groups (broad SMARTS) is 1. The molecule has 0 spiro atoms. The Morgan fingerprint density at radius 2 is 2.29 bits per heavy atom. The number of aliphatic carboxylic acids is 1. The van der Waals surface area contributed by atoms with Gasteiger partial charge >= 0.3 is 5.97 Å². The summed E-state index contributed by atoms with van der Waals surface area (Å²) in [6, 6.07) is 6.70. The third-order valence-corrected chi connectivity index (χ3v) is 3.21. The van der Waals surface area contributed by atoms with E-state index >= 15 is 0 Å². The van der Waals surface area contributed by atoms with Crippen LogP contribution in [0, 0.1) is 5.92 Å². The summed E-state index contributed by atoms with van der Waals surface area (Å²) in [7, 11) is 0. The van der Waals surface area contributed by atoms with E-state index in [2.05, 4.69) is 5.32 Å². The lowest BCUT2D eigenvalue weighted by Gasteiger charge is -2.21. The molecular weight excluding hydrogens is 274 g/mol. The maximum Gasteiger partial charge on any atom is 0.341 e. The number of amides is 1. The molecule has 1 amide bonds. The Bertz CT molecular complexity index is 497. The lowest BCUT2D eigenvalue weighted by molar-refractivity contribution is -0.139. The van der Waals surface area contributed by atoms with Gasteiger partial charge in [-0.1, -0.05) is 6.07 Å². The SMILES string of the molecule is O=C(O)COc1cccc(NC(=O)CC2CCCOC2)c1. The molecule has 2 N–H and O–H groups in total. The van der Waals surface area contributed by atoms with Gasteiger partial charge in [-0.3, -0.25) is 4.79 Å². The first-order valence-electron chi connectivity index (χ1n) is 6.96. The predicted molar refractivity (Wildman–Crippen MR) is 76.4 cm³/mol. The lowest BCUT2D eigenvalue weighted by atomic mass is 9.98. The first-order chi connectivity index (χ1) is 10.1. The van der Waals surface area contributed by atoms with Gasteiger partial charge in [0.1, 0.15) is 5.75 Å². The van der Waals surface area contributed by atoms with Gasteiger partial charge in [0.15, 0.2) is 6.61 Å². The molecule has 114 valence electrons. The molecule has 1 fully saturated rings. The summed E-state index contributed by atoms with van der Waals surface area (Å²) in [5.41, 5.74) is 0.597. The number of rotatable bonds is 6. The van der Waals surface area contributed by atoms with Crippen LogP contribution < -0.4 is 10.1 Å². The molecule has 6 heteroatoms. The summed E-state index contributed by atoms with van der Waals surface area (Å²) in [5.74, 6) is -0.427. The maximum atomic E-state index is 12.0. The van der Waals surface area contributed by atoms with Gasteiger partial charge in [-0.15, -0.1) is 0 Å². The smallest absolute Gasteiger partial charge is 0.341 e. The molecule has 1 atom stereocenters. The molecule has 0 aromatic heterocycles. The van der Waals surface area contributed by atoms with Crippen LogP contribution in [0.15, 0.2) is 24.3 Å². The van der Waals surface area contributed by atoms with Crippen LogP contribution in [0.5, 0.6) is 5.75 Å². The van der Waals surface area contributed by atoms with Gasteiger partial charge in [0.05, 0.1) is 0 Å². The van der Waals surface area contributed by atoms with Gasteiger partial charge in [0.2, 0.25) is 5.91 Å². The normalized spacial score (nSPS) is 18.0. The number of ether oxygens (including phenoxy) is 2. The number of benzene rings is 1. The topological polar surface area (TPSA) is 84.9 Å². The summed E-state index contributed by atoms with van der Waals surface area (Å²) in [6.45, 7) is 1.01. The molecule has 2 rings (SSSR count). The Hall–Kier alpha value is -2.08. The van der Waals surface area contributed by atoms with E-state index in [1.54, 1.807) is 24.3 Å². The Morgan fingerprint density at radius 1 is 1.43 bits per heavy atom. The van der Waals surface area contributed by atoms with Crippen LogP contribution in [-0.4, -0.2) is 36.8 Å². The molecule has 0 radical (unpaired) electrons. The number of carbonyl (C=O) groups is 2. The zero-order valence-corrected chi connectivity index (χ0v) is 11.7. The van der Waals surface area contributed by atoms with Crippen LogP contribution >= 0.6 is 0 Å². The van der Waals surface area contributed by atoms with E-state index < -0.39 is 12.6 Å². The molecule has 1 aromatic carbocycles. The molecule has 1 aliphatic rings. The summed E-state index contributed by atoms with van der Waals surface area (Å²) < 4.78 is 10.4.